The van der Waals surface area contributed by atoms with Crippen LogP contribution in [0.15, 0.2) is 12.2 Å². The zero-order chi connectivity index (χ0) is 13.4. The number of rotatable bonds is 4. The number of carboxylic acid groups (broad SMARTS) is 1. The highest BCUT2D eigenvalue weighted by molar-refractivity contribution is 5.86. The summed E-state index contributed by atoms with van der Waals surface area (Å²) in [6, 6.07) is 0. The second-order valence-corrected chi connectivity index (χ2v) is 5.20. The summed E-state index contributed by atoms with van der Waals surface area (Å²) in [5.41, 5.74) is 0. The van der Waals surface area contributed by atoms with Crippen LogP contribution in [0.5, 0.6) is 0 Å². The van der Waals surface area contributed by atoms with Gasteiger partial charge in [-0.15, -0.1) is 0 Å². The van der Waals surface area contributed by atoms with Gasteiger partial charge in [0.2, 0.25) is 5.91 Å². The van der Waals surface area contributed by atoms with E-state index in [1.165, 1.54) is 0 Å². The lowest BCUT2D eigenvalue weighted by molar-refractivity contribution is -0.313. The summed E-state index contributed by atoms with van der Waals surface area (Å²) >= 11 is 0. The Bertz CT molecular complexity index is 415. The van der Waals surface area contributed by atoms with E-state index < -0.39 is 30.0 Å². The van der Waals surface area contributed by atoms with Crippen molar-refractivity contribution in [3.05, 3.63) is 12.2 Å². The third-order valence-electron chi connectivity index (χ3n) is 4.00. The average molecular weight is 266 g/mol. The molecule has 5 atom stereocenters. The van der Waals surface area contributed by atoms with Gasteiger partial charge in [-0.2, -0.15) is 0 Å². The molecule has 2 fully saturated rings. The third kappa shape index (κ3) is 2.26. The van der Waals surface area contributed by atoms with E-state index >= 15 is 0 Å². The maximum absolute atomic E-state index is 12.1. The molecule has 0 radical (unpaired) electrons. The lowest BCUT2D eigenvalue weighted by Crippen LogP contribution is -2.48. The molecule has 0 aromatic carbocycles. The number of nitrogens with one attached hydrogen (secondary N) is 1. The van der Waals surface area contributed by atoms with Crippen LogP contribution in [0.2, 0.25) is 0 Å². The first-order valence-corrected chi connectivity index (χ1v) is 6.61. The first-order valence-electron chi connectivity index (χ1n) is 6.61. The molecular formula is C13H16NO5-. The van der Waals surface area contributed by atoms with Gasteiger partial charge in [0, 0.05) is 25.0 Å². The minimum Gasteiger partial charge on any atom is -0.550 e. The number of carboxylic acids is 1. The highest BCUT2D eigenvalue weighted by atomic mass is 16.5. The summed E-state index contributed by atoms with van der Waals surface area (Å²) in [7, 11) is 0. The van der Waals surface area contributed by atoms with Gasteiger partial charge in [-0.25, -0.2) is 0 Å². The van der Waals surface area contributed by atoms with Crippen LogP contribution in [0, 0.1) is 11.8 Å². The molecule has 5 unspecified atom stereocenters. The second-order valence-electron chi connectivity index (χ2n) is 5.20. The van der Waals surface area contributed by atoms with Crippen molar-refractivity contribution in [2.24, 2.45) is 11.8 Å². The molecule has 6 heteroatoms. The predicted molar refractivity (Wildman–Crippen MR) is 61.8 cm³/mol. The fourth-order valence-corrected chi connectivity index (χ4v) is 3.04. The molecular weight excluding hydrogens is 250 g/mol. The summed E-state index contributed by atoms with van der Waals surface area (Å²) < 4.78 is 10.8. The minimum absolute atomic E-state index is 0.0420. The Morgan fingerprint density at radius 2 is 2.00 bits per heavy atom. The van der Waals surface area contributed by atoms with Gasteiger partial charge >= 0.3 is 0 Å². The van der Waals surface area contributed by atoms with E-state index in [-0.39, 0.29) is 12.0 Å². The number of fused-ring (bicyclic) bond motifs is 2. The molecule has 2 bridgehead atoms. The highest BCUT2D eigenvalue weighted by Gasteiger charge is 2.50. The first kappa shape index (κ1) is 12.6. The van der Waals surface area contributed by atoms with Crippen LogP contribution in [-0.4, -0.2) is 43.3 Å². The molecule has 3 heterocycles. The molecule has 1 amide bonds. The van der Waals surface area contributed by atoms with Crippen molar-refractivity contribution in [3.63, 3.8) is 0 Å². The van der Waals surface area contributed by atoms with E-state index in [9.17, 15) is 14.7 Å². The highest BCUT2D eigenvalue weighted by Crippen LogP contribution is 2.38. The molecule has 6 nitrogen and oxygen atoms in total. The quantitative estimate of drug-likeness (QED) is 0.632. The Morgan fingerprint density at radius 1 is 1.26 bits per heavy atom. The fourth-order valence-electron chi connectivity index (χ4n) is 3.04. The van der Waals surface area contributed by atoms with Crippen LogP contribution >= 0.6 is 0 Å². The Hall–Kier alpha value is -1.40. The van der Waals surface area contributed by atoms with Crippen LogP contribution in [0.1, 0.15) is 12.8 Å². The van der Waals surface area contributed by atoms with Crippen LogP contribution in [0.3, 0.4) is 0 Å². The Morgan fingerprint density at radius 3 is 2.63 bits per heavy atom. The molecule has 3 aliphatic heterocycles. The van der Waals surface area contributed by atoms with Crippen LogP contribution in [-0.2, 0) is 19.1 Å². The van der Waals surface area contributed by atoms with Gasteiger partial charge in [-0.1, -0.05) is 12.2 Å². The monoisotopic (exact) mass is 266 g/mol. The van der Waals surface area contributed by atoms with Crippen molar-refractivity contribution in [1.82, 2.24) is 5.32 Å². The number of amides is 1. The minimum atomic E-state index is -1.23. The molecule has 0 aromatic heterocycles. The average Bonchev–Trinajstić information content (AvgIpc) is 3.10. The Labute approximate surface area is 110 Å². The van der Waals surface area contributed by atoms with Crippen LogP contribution in [0.4, 0.5) is 0 Å². The molecule has 2 saturated heterocycles. The number of aliphatic carboxylic acids is 1. The summed E-state index contributed by atoms with van der Waals surface area (Å²) in [6.45, 7) is 1.15. The number of hydrogen-bond acceptors (Lipinski definition) is 5. The van der Waals surface area contributed by atoms with Crippen molar-refractivity contribution in [3.8, 4) is 0 Å². The summed E-state index contributed by atoms with van der Waals surface area (Å²) in [6.07, 6.45) is 4.43. The van der Waals surface area contributed by atoms with Gasteiger partial charge in [0.25, 0.3) is 0 Å². The van der Waals surface area contributed by atoms with Crippen molar-refractivity contribution in [2.75, 3.05) is 13.2 Å². The molecule has 0 aliphatic carbocycles. The van der Waals surface area contributed by atoms with E-state index in [4.69, 9.17) is 9.47 Å². The van der Waals surface area contributed by atoms with E-state index in [0.717, 1.165) is 19.4 Å². The van der Waals surface area contributed by atoms with Crippen molar-refractivity contribution in [1.29, 1.82) is 0 Å². The number of hydrogen-bond donors (Lipinski definition) is 1. The van der Waals surface area contributed by atoms with Gasteiger partial charge in [0.1, 0.15) is 0 Å². The molecule has 3 rings (SSSR count). The van der Waals surface area contributed by atoms with E-state index in [2.05, 4.69) is 5.32 Å². The summed E-state index contributed by atoms with van der Waals surface area (Å²) in [5.74, 6) is -3.10. The van der Waals surface area contributed by atoms with E-state index in [1.807, 2.05) is 0 Å². The molecule has 1 N–H and O–H groups in total. The van der Waals surface area contributed by atoms with Crippen molar-refractivity contribution < 1.29 is 24.2 Å². The standard InChI is InChI=1S/C13H17NO5/c15-12(14-6-7-2-1-5-18-7)10-8-3-4-9(19-8)11(10)13(16)17/h3-4,7-11H,1-2,5-6H2,(H,14,15)(H,16,17)/p-1. The van der Waals surface area contributed by atoms with Crippen LogP contribution in [0.25, 0.3) is 0 Å². The van der Waals surface area contributed by atoms with E-state index in [1.54, 1.807) is 12.2 Å². The SMILES string of the molecule is O=C([O-])C1C2C=CC(O2)C1C(=O)NCC1CCCO1. The maximum atomic E-state index is 12.1. The zero-order valence-electron chi connectivity index (χ0n) is 10.4. The van der Waals surface area contributed by atoms with Gasteiger partial charge in [0.05, 0.1) is 24.2 Å². The molecule has 19 heavy (non-hydrogen) atoms. The van der Waals surface area contributed by atoms with Gasteiger partial charge < -0.3 is 24.7 Å². The smallest absolute Gasteiger partial charge is 0.226 e. The summed E-state index contributed by atoms with van der Waals surface area (Å²) in [4.78, 5) is 23.3. The largest absolute Gasteiger partial charge is 0.550 e. The number of carbonyl (C=O) groups excluding carboxylic acids is 2. The van der Waals surface area contributed by atoms with E-state index in [0.29, 0.717) is 6.54 Å². The second kappa shape index (κ2) is 4.94. The molecule has 0 spiro atoms. The lowest BCUT2D eigenvalue weighted by atomic mass is 9.82. The third-order valence-corrected chi connectivity index (χ3v) is 4.00. The normalized spacial score (nSPS) is 39.7. The van der Waals surface area contributed by atoms with Gasteiger partial charge in [-0.05, 0) is 12.8 Å². The van der Waals surface area contributed by atoms with Gasteiger partial charge in [-0.3, -0.25) is 4.79 Å². The molecule has 3 aliphatic rings. The molecule has 0 aromatic rings. The lowest BCUT2D eigenvalue weighted by Gasteiger charge is -2.25. The number of carbonyl (C=O) groups is 2. The van der Waals surface area contributed by atoms with Gasteiger partial charge in [0.15, 0.2) is 0 Å². The first-order chi connectivity index (χ1) is 9.16. The number of ether oxygens (including phenoxy) is 2. The summed E-state index contributed by atoms with van der Waals surface area (Å²) in [5, 5.41) is 13.9. The topological polar surface area (TPSA) is 87.7 Å². The predicted octanol–water partition coefficient (Wildman–Crippen LogP) is -1.40. The fraction of sp³-hybridized carbons (Fsp3) is 0.692. The van der Waals surface area contributed by atoms with Crippen molar-refractivity contribution >= 4 is 11.9 Å². The Balaban J connectivity index is 1.62. The Kier molecular flexibility index (Phi) is 3.28. The zero-order valence-corrected chi connectivity index (χ0v) is 10.4. The maximum Gasteiger partial charge on any atom is 0.226 e. The van der Waals surface area contributed by atoms with Crippen molar-refractivity contribution in [2.45, 2.75) is 31.2 Å². The molecule has 0 saturated carbocycles. The van der Waals surface area contributed by atoms with Crippen LogP contribution < -0.4 is 10.4 Å². The molecule has 104 valence electrons.